The molecular weight excluding hydrogens is 314 g/mol. The Morgan fingerprint density at radius 1 is 1.00 bits per heavy atom. The summed E-state index contributed by atoms with van der Waals surface area (Å²) in [5.41, 5.74) is 3.36. The molecule has 0 aliphatic carbocycles. The van der Waals surface area contributed by atoms with E-state index < -0.39 is 0 Å². The van der Waals surface area contributed by atoms with Gasteiger partial charge in [0.15, 0.2) is 5.82 Å². The topological polar surface area (TPSA) is 54.4 Å². The highest BCUT2D eigenvalue weighted by molar-refractivity contribution is 5.96. The highest BCUT2D eigenvalue weighted by Gasteiger charge is 2.22. The van der Waals surface area contributed by atoms with Crippen LogP contribution in [0.15, 0.2) is 42.7 Å². The number of rotatable bonds is 3. The maximum atomic E-state index is 5.48. The second-order valence-corrected chi connectivity index (χ2v) is 6.20. The van der Waals surface area contributed by atoms with Crippen molar-refractivity contribution in [2.24, 2.45) is 0 Å². The fourth-order valence-corrected chi connectivity index (χ4v) is 3.49. The summed E-state index contributed by atoms with van der Waals surface area (Å²) < 4.78 is 5.48. The third-order valence-electron chi connectivity index (χ3n) is 4.71. The van der Waals surface area contributed by atoms with Gasteiger partial charge in [-0.2, -0.15) is 5.10 Å². The van der Waals surface area contributed by atoms with Gasteiger partial charge in [0.1, 0.15) is 11.3 Å². The van der Waals surface area contributed by atoms with Gasteiger partial charge in [-0.05, 0) is 30.7 Å². The van der Waals surface area contributed by atoms with Crippen molar-refractivity contribution in [3.8, 4) is 5.75 Å². The number of benzene rings is 1. The van der Waals surface area contributed by atoms with Crippen molar-refractivity contribution < 1.29 is 4.74 Å². The molecule has 0 unspecified atom stereocenters. The normalized spacial score (nSPS) is 14.8. The average molecular weight is 335 g/mol. The molecule has 0 saturated carbocycles. The van der Waals surface area contributed by atoms with E-state index in [1.54, 1.807) is 13.3 Å². The van der Waals surface area contributed by atoms with Crippen LogP contribution in [0.1, 0.15) is 5.56 Å². The third-order valence-corrected chi connectivity index (χ3v) is 4.71. The lowest BCUT2D eigenvalue weighted by molar-refractivity contribution is 0.419. The van der Waals surface area contributed by atoms with Crippen molar-refractivity contribution in [1.29, 1.82) is 0 Å². The number of hydrogen-bond donors (Lipinski definition) is 0. The first kappa shape index (κ1) is 15.6. The van der Waals surface area contributed by atoms with Gasteiger partial charge in [0.05, 0.1) is 12.8 Å². The number of aromatic nitrogens is 3. The summed E-state index contributed by atoms with van der Waals surface area (Å²) in [7, 11) is 1.69. The number of aryl methyl sites for hydroxylation is 1. The van der Waals surface area contributed by atoms with Crippen LogP contribution in [0.25, 0.3) is 10.9 Å². The van der Waals surface area contributed by atoms with E-state index in [4.69, 9.17) is 4.74 Å². The lowest BCUT2D eigenvalue weighted by Crippen LogP contribution is -2.47. The van der Waals surface area contributed by atoms with Crippen molar-refractivity contribution in [2.45, 2.75) is 6.92 Å². The second-order valence-electron chi connectivity index (χ2n) is 6.20. The maximum Gasteiger partial charge on any atom is 0.151 e. The second kappa shape index (κ2) is 6.55. The van der Waals surface area contributed by atoms with Crippen molar-refractivity contribution in [2.75, 3.05) is 43.1 Å². The molecule has 1 aliphatic heterocycles. The summed E-state index contributed by atoms with van der Waals surface area (Å²) in [5.74, 6) is 1.76. The van der Waals surface area contributed by atoms with Crippen molar-refractivity contribution in [3.63, 3.8) is 0 Å². The quantitative estimate of drug-likeness (QED) is 0.733. The molecule has 0 bridgehead atoms. The van der Waals surface area contributed by atoms with Gasteiger partial charge in [-0.3, -0.25) is 4.98 Å². The van der Waals surface area contributed by atoms with Gasteiger partial charge in [-0.1, -0.05) is 12.1 Å². The highest BCUT2D eigenvalue weighted by Crippen LogP contribution is 2.34. The summed E-state index contributed by atoms with van der Waals surface area (Å²) in [5, 5.41) is 9.35. The van der Waals surface area contributed by atoms with Crippen LogP contribution in [-0.2, 0) is 0 Å². The first-order valence-electron chi connectivity index (χ1n) is 8.48. The van der Waals surface area contributed by atoms with E-state index in [9.17, 15) is 0 Å². The van der Waals surface area contributed by atoms with E-state index in [1.807, 2.05) is 30.5 Å². The minimum absolute atomic E-state index is 0.817. The number of pyridine rings is 1. The summed E-state index contributed by atoms with van der Waals surface area (Å²) in [4.78, 5) is 9.31. The Kier molecular flexibility index (Phi) is 4.09. The van der Waals surface area contributed by atoms with E-state index >= 15 is 0 Å². The Morgan fingerprint density at radius 3 is 2.52 bits per heavy atom. The van der Waals surface area contributed by atoms with E-state index in [-0.39, 0.29) is 0 Å². The number of nitrogens with zero attached hydrogens (tertiary/aromatic N) is 5. The number of anilines is 2. The molecule has 3 heterocycles. The minimum atomic E-state index is 0.817. The molecule has 1 aromatic carbocycles. The summed E-state index contributed by atoms with van der Waals surface area (Å²) in [6, 6.07) is 10.1. The molecule has 3 aromatic rings. The van der Waals surface area contributed by atoms with E-state index in [2.05, 4.69) is 38.0 Å². The molecule has 6 nitrogen and oxygen atoms in total. The first-order chi connectivity index (χ1) is 12.3. The average Bonchev–Trinajstić information content (AvgIpc) is 2.68. The zero-order chi connectivity index (χ0) is 17.2. The van der Waals surface area contributed by atoms with Crippen LogP contribution in [0.3, 0.4) is 0 Å². The Balaban J connectivity index is 1.64. The molecule has 128 valence electrons. The summed E-state index contributed by atoms with van der Waals surface area (Å²) in [6.45, 7) is 5.84. The van der Waals surface area contributed by atoms with E-state index in [0.717, 1.165) is 48.6 Å². The largest absolute Gasteiger partial charge is 0.494 e. The van der Waals surface area contributed by atoms with Gasteiger partial charge in [0, 0.05) is 44.0 Å². The van der Waals surface area contributed by atoms with Crippen LogP contribution in [-0.4, -0.2) is 48.5 Å². The minimum Gasteiger partial charge on any atom is -0.494 e. The Bertz CT molecular complexity index is 876. The van der Waals surface area contributed by atoms with Gasteiger partial charge < -0.3 is 14.5 Å². The van der Waals surface area contributed by atoms with Gasteiger partial charge in [0.25, 0.3) is 0 Å². The molecule has 0 radical (unpaired) electrons. The van der Waals surface area contributed by atoms with Crippen molar-refractivity contribution in [3.05, 3.63) is 48.3 Å². The predicted octanol–water partition coefficient (Wildman–Crippen LogP) is 2.67. The SMILES string of the molecule is COc1cccc2c(N3CCN(c4cccnn4)CC3)c(C)cnc12. The monoisotopic (exact) mass is 335 g/mol. The molecular formula is C19H21N5O. The fourth-order valence-electron chi connectivity index (χ4n) is 3.49. The number of fused-ring (bicyclic) bond motifs is 1. The van der Waals surface area contributed by atoms with Crippen LogP contribution in [0, 0.1) is 6.92 Å². The Labute approximate surface area is 147 Å². The van der Waals surface area contributed by atoms with Gasteiger partial charge in [-0.15, -0.1) is 5.10 Å². The van der Waals surface area contributed by atoms with Gasteiger partial charge in [0.2, 0.25) is 0 Å². The van der Waals surface area contributed by atoms with E-state index in [1.165, 1.54) is 11.3 Å². The van der Waals surface area contributed by atoms with Crippen LogP contribution >= 0.6 is 0 Å². The standard InChI is InChI=1S/C19H21N5O/c1-14-13-20-18-15(5-3-6-16(18)25-2)19(14)24-11-9-23(10-12-24)17-7-4-8-21-22-17/h3-8,13H,9-12H2,1-2H3. The number of para-hydroxylation sites is 1. The first-order valence-corrected chi connectivity index (χ1v) is 8.48. The molecule has 25 heavy (non-hydrogen) atoms. The number of piperazine rings is 1. The molecule has 0 spiro atoms. The number of methoxy groups -OCH3 is 1. The fraction of sp³-hybridized carbons (Fsp3) is 0.316. The zero-order valence-corrected chi connectivity index (χ0v) is 14.5. The maximum absolute atomic E-state index is 5.48. The molecule has 0 amide bonds. The third kappa shape index (κ3) is 2.84. The molecule has 2 aromatic heterocycles. The smallest absolute Gasteiger partial charge is 0.151 e. The number of hydrogen-bond acceptors (Lipinski definition) is 6. The molecule has 1 aliphatic rings. The number of ether oxygens (including phenoxy) is 1. The lowest BCUT2D eigenvalue weighted by atomic mass is 10.1. The van der Waals surface area contributed by atoms with Crippen LogP contribution in [0.2, 0.25) is 0 Å². The van der Waals surface area contributed by atoms with Gasteiger partial charge >= 0.3 is 0 Å². The molecule has 0 atom stereocenters. The van der Waals surface area contributed by atoms with Crippen LogP contribution < -0.4 is 14.5 Å². The molecule has 4 rings (SSSR count). The molecule has 1 saturated heterocycles. The molecule has 6 heteroatoms. The van der Waals surface area contributed by atoms with Crippen LogP contribution in [0.4, 0.5) is 11.5 Å². The van der Waals surface area contributed by atoms with Crippen LogP contribution in [0.5, 0.6) is 5.75 Å². The molecule has 0 N–H and O–H groups in total. The zero-order valence-electron chi connectivity index (χ0n) is 14.5. The Morgan fingerprint density at radius 2 is 1.80 bits per heavy atom. The highest BCUT2D eigenvalue weighted by atomic mass is 16.5. The summed E-state index contributed by atoms with van der Waals surface area (Å²) in [6.07, 6.45) is 3.65. The lowest BCUT2D eigenvalue weighted by Gasteiger charge is -2.37. The summed E-state index contributed by atoms with van der Waals surface area (Å²) >= 11 is 0. The van der Waals surface area contributed by atoms with E-state index in [0.29, 0.717) is 0 Å². The van der Waals surface area contributed by atoms with Gasteiger partial charge in [-0.25, -0.2) is 0 Å². The van der Waals surface area contributed by atoms with Crippen molar-refractivity contribution >= 4 is 22.4 Å². The van der Waals surface area contributed by atoms with Crippen molar-refractivity contribution in [1.82, 2.24) is 15.2 Å². The predicted molar refractivity (Wildman–Crippen MR) is 99.5 cm³/mol. The molecule has 1 fully saturated rings. The Hall–Kier alpha value is -2.89.